The first-order valence-electron chi connectivity index (χ1n) is 5.22. The fraction of sp³-hybridized carbons (Fsp3) is 0. The van der Waals surface area contributed by atoms with E-state index in [-0.39, 0.29) is 22.0 Å². The summed E-state index contributed by atoms with van der Waals surface area (Å²) >= 11 is 8.81. The van der Waals surface area contributed by atoms with Crippen LogP contribution in [-0.2, 0) is 0 Å². The van der Waals surface area contributed by atoms with E-state index < -0.39 is 11.7 Å². The van der Waals surface area contributed by atoms with Crippen LogP contribution in [-0.4, -0.2) is 11.0 Å². The SMILES string of the molecule is O=C(Nc1ccc(Cl)cc1F)c1cc(Br)ccc1O. The number of hydrogen-bond donors (Lipinski definition) is 2. The monoisotopic (exact) mass is 343 g/mol. The third-order valence-corrected chi connectivity index (χ3v) is 3.11. The molecule has 0 spiro atoms. The molecule has 6 heteroatoms. The van der Waals surface area contributed by atoms with Crippen LogP contribution in [0.3, 0.4) is 0 Å². The van der Waals surface area contributed by atoms with E-state index in [4.69, 9.17) is 11.6 Å². The number of nitrogens with one attached hydrogen (secondary N) is 1. The van der Waals surface area contributed by atoms with E-state index in [1.807, 2.05) is 0 Å². The molecular formula is C13H8BrClFNO2. The van der Waals surface area contributed by atoms with E-state index >= 15 is 0 Å². The van der Waals surface area contributed by atoms with Crippen molar-refractivity contribution in [3.05, 3.63) is 57.3 Å². The number of phenolic OH excluding ortho intramolecular Hbond substituents is 1. The van der Waals surface area contributed by atoms with Crippen molar-refractivity contribution in [2.24, 2.45) is 0 Å². The summed E-state index contributed by atoms with van der Waals surface area (Å²) in [4.78, 5) is 11.9. The maximum atomic E-state index is 13.5. The van der Waals surface area contributed by atoms with Gasteiger partial charge in [0.1, 0.15) is 11.6 Å². The molecule has 0 aliphatic heterocycles. The molecule has 0 heterocycles. The van der Waals surface area contributed by atoms with Crippen LogP contribution in [0.25, 0.3) is 0 Å². The van der Waals surface area contributed by atoms with Crippen LogP contribution in [0.5, 0.6) is 5.75 Å². The lowest BCUT2D eigenvalue weighted by atomic mass is 10.2. The highest BCUT2D eigenvalue weighted by Gasteiger charge is 2.13. The standard InChI is InChI=1S/C13H8BrClFNO2/c14-7-1-4-12(18)9(5-7)13(19)17-11-3-2-8(15)6-10(11)16/h1-6,18H,(H,17,19). The number of carbonyl (C=O) groups is 1. The van der Waals surface area contributed by atoms with Crippen LogP contribution < -0.4 is 5.32 Å². The lowest BCUT2D eigenvalue weighted by Crippen LogP contribution is -2.13. The van der Waals surface area contributed by atoms with Crippen LogP contribution in [0.1, 0.15) is 10.4 Å². The Kier molecular flexibility index (Phi) is 4.07. The van der Waals surface area contributed by atoms with Crippen LogP contribution in [0, 0.1) is 5.82 Å². The summed E-state index contributed by atoms with van der Waals surface area (Å²) < 4.78 is 14.2. The Hall–Kier alpha value is -1.59. The van der Waals surface area contributed by atoms with E-state index in [9.17, 15) is 14.3 Å². The molecule has 2 aromatic rings. The maximum absolute atomic E-state index is 13.5. The first-order chi connectivity index (χ1) is 8.97. The Balaban J connectivity index is 2.28. The van der Waals surface area contributed by atoms with E-state index in [2.05, 4.69) is 21.2 Å². The Bertz CT molecular complexity index is 649. The van der Waals surface area contributed by atoms with Gasteiger partial charge in [-0.05, 0) is 36.4 Å². The van der Waals surface area contributed by atoms with Gasteiger partial charge < -0.3 is 10.4 Å². The van der Waals surface area contributed by atoms with Crippen molar-refractivity contribution in [3.63, 3.8) is 0 Å². The molecule has 0 fully saturated rings. The predicted molar refractivity (Wildman–Crippen MR) is 75.2 cm³/mol. The lowest BCUT2D eigenvalue weighted by molar-refractivity contribution is 0.102. The first-order valence-corrected chi connectivity index (χ1v) is 6.39. The van der Waals surface area contributed by atoms with Crippen molar-refractivity contribution in [2.75, 3.05) is 5.32 Å². The number of halogens is 3. The third-order valence-electron chi connectivity index (χ3n) is 2.38. The Morgan fingerprint density at radius 1 is 1.26 bits per heavy atom. The maximum Gasteiger partial charge on any atom is 0.259 e. The second-order valence-electron chi connectivity index (χ2n) is 3.74. The van der Waals surface area contributed by atoms with Gasteiger partial charge in [0, 0.05) is 9.50 Å². The fourth-order valence-electron chi connectivity index (χ4n) is 1.47. The zero-order valence-corrected chi connectivity index (χ0v) is 11.8. The van der Waals surface area contributed by atoms with Gasteiger partial charge >= 0.3 is 0 Å². The number of phenols is 1. The number of hydrogen-bond acceptors (Lipinski definition) is 2. The van der Waals surface area contributed by atoms with Gasteiger partial charge in [0.25, 0.3) is 5.91 Å². The average Bonchev–Trinajstić information content (AvgIpc) is 2.35. The molecule has 3 nitrogen and oxygen atoms in total. The topological polar surface area (TPSA) is 49.3 Å². The molecule has 98 valence electrons. The van der Waals surface area contributed by atoms with Gasteiger partial charge in [0.2, 0.25) is 0 Å². The number of rotatable bonds is 2. The molecule has 2 aromatic carbocycles. The zero-order valence-electron chi connectivity index (χ0n) is 9.45. The Morgan fingerprint density at radius 2 is 2.00 bits per heavy atom. The van der Waals surface area contributed by atoms with E-state index in [1.165, 1.54) is 24.3 Å². The summed E-state index contributed by atoms with van der Waals surface area (Å²) in [5, 5.41) is 12.2. The summed E-state index contributed by atoms with van der Waals surface area (Å²) in [5.74, 6) is -1.44. The molecule has 2 N–H and O–H groups in total. The van der Waals surface area contributed by atoms with E-state index in [0.29, 0.717) is 4.47 Å². The minimum absolute atomic E-state index is 0.00576. The fourth-order valence-corrected chi connectivity index (χ4v) is 1.99. The molecule has 0 aromatic heterocycles. The van der Waals surface area contributed by atoms with Crippen LogP contribution in [0.15, 0.2) is 40.9 Å². The van der Waals surface area contributed by atoms with E-state index in [1.54, 1.807) is 6.07 Å². The van der Waals surface area contributed by atoms with Crippen molar-refractivity contribution in [2.45, 2.75) is 0 Å². The van der Waals surface area contributed by atoms with Crippen LogP contribution in [0.2, 0.25) is 5.02 Å². The normalized spacial score (nSPS) is 10.3. The second kappa shape index (κ2) is 5.59. The second-order valence-corrected chi connectivity index (χ2v) is 5.09. The van der Waals surface area contributed by atoms with E-state index in [0.717, 1.165) is 6.07 Å². The molecule has 0 aliphatic rings. The Morgan fingerprint density at radius 3 is 2.68 bits per heavy atom. The average molecular weight is 345 g/mol. The number of aromatic hydroxyl groups is 1. The molecule has 19 heavy (non-hydrogen) atoms. The lowest BCUT2D eigenvalue weighted by Gasteiger charge is -2.08. The number of benzene rings is 2. The van der Waals surface area contributed by atoms with Gasteiger partial charge in [-0.15, -0.1) is 0 Å². The van der Waals surface area contributed by atoms with Crippen molar-refractivity contribution in [3.8, 4) is 5.75 Å². The van der Waals surface area contributed by atoms with Crippen molar-refractivity contribution in [1.82, 2.24) is 0 Å². The van der Waals surface area contributed by atoms with Crippen molar-refractivity contribution in [1.29, 1.82) is 0 Å². The zero-order chi connectivity index (χ0) is 14.0. The molecule has 2 rings (SSSR count). The van der Waals surface area contributed by atoms with Crippen LogP contribution >= 0.6 is 27.5 Å². The smallest absolute Gasteiger partial charge is 0.259 e. The molecule has 0 saturated heterocycles. The summed E-state index contributed by atoms with van der Waals surface area (Å²) in [5.41, 5.74) is 0.0394. The summed E-state index contributed by atoms with van der Waals surface area (Å²) in [6, 6.07) is 8.31. The molecule has 0 unspecified atom stereocenters. The Labute approximate surface area is 122 Å². The molecule has 0 saturated carbocycles. The van der Waals surface area contributed by atoms with Crippen molar-refractivity contribution >= 4 is 39.1 Å². The number of anilines is 1. The molecule has 0 aliphatic carbocycles. The molecule has 1 amide bonds. The molecular weight excluding hydrogens is 337 g/mol. The third kappa shape index (κ3) is 3.24. The summed E-state index contributed by atoms with van der Waals surface area (Å²) in [6.45, 7) is 0. The summed E-state index contributed by atoms with van der Waals surface area (Å²) in [6.07, 6.45) is 0. The highest BCUT2D eigenvalue weighted by Crippen LogP contribution is 2.24. The van der Waals surface area contributed by atoms with Gasteiger partial charge in [-0.2, -0.15) is 0 Å². The van der Waals surface area contributed by atoms with Gasteiger partial charge in [-0.1, -0.05) is 27.5 Å². The largest absolute Gasteiger partial charge is 0.507 e. The van der Waals surface area contributed by atoms with Gasteiger partial charge in [-0.25, -0.2) is 4.39 Å². The first kappa shape index (κ1) is 13.8. The number of amides is 1. The van der Waals surface area contributed by atoms with Crippen molar-refractivity contribution < 1.29 is 14.3 Å². The predicted octanol–water partition coefficient (Wildman–Crippen LogP) is 4.20. The minimum atomic E-state index is -0.643. The molecule has 0 atom stereocenters. The highest BCUT2D eigenvalue weighted by molar-refractivity contribution is 9.10. The highest BCUT2D eigenvalue weighted by atomic mass is 79.9. The minimum Gasteiger partial charge on any atom is -0.507 e. The molecule has 0 radical (unpaired) electrons. The summed E-state index contributed by atoms with van der Waals surface area (Å²) in [7, 11) is 0. The van der Waals surface area contributed by atoms with Crippen LogP contribution in [0.4, 0.5) is 10.1 Å². The number of carbonyl (C=O) groups excluding carboxylic acids is 1. The molecule has 0 bridgehead atoms. The van der Waals surface area contributed by atoms with Gasteiger partial charge in [0.15, 0.2) is 0 Å². The van der Waals surface area contributed by atoms with Gasteiger partial charge in [-0.3, -0.25) is 4.79 Å². The quantitative estimate of drug-likeness (QED) is 0.858. The van der Waals surface area contributed by atoms with Gasteiger partial charge in [0.05, 0.1) is 11.3 Å².